The van der Waals surface area contributed by atoms with E-state index in [1.54, 1.807) is 6.20 Å². The van der Waals surface area contributed by atoms with Crippen molar-refractivity contribution in [2.75, 3.05) is 31.2 Å². The van der Waals surface area contributed by atoms with Gasteiger partial charge in [-0.05, 0) is 35.4 Å². The van der Waals surface area contributed by atoms with E-state index in [1.807, 2.05) is 31.2 Å². The van der Waals surface area contributed by atoms with Crippen molar-refractivity contribution in [2.24, 2.45) is 0 Å². The van der Waals surface area contributed by atoms with Gasteiger partial charge in [-0.2, -0.15) is 0 Å². The van der Waals surface area contributed by atoms with Crippen LogP contribution in [-0.4, -0.2) is 37.3 Å². The summed E-state index contributed by atoms with van der Waals surface area (Å²) in [6.45, 7) is 5.45. The van der Waals surface area contributed by atoms with Crippen LogP contribution in [0, 0.1) is 0 Å². The Morgan fingerprint density at radius 2 is 1.90 bits per heavy atom. The second-order valence-corrected chi connectivity index (χ2v) is 7.24. The quantitative estimate of drug-likeness (QED) is 0.698. The highest BCUT2D eigenvalue weighted by Gasteiger charge is 2.16. The maximum absolute atomic E-state index is 12.5. The zero-order chi connectivity index (χ0) is 20.1. The van der Waals surface area contributed by atoms with Crippen LogP contribution < -0.4 is 15.5 Å². The van der Waals surface area contributed by atoms with Gasteiger partial charge in [0.15, 0.2) is 0 Å². The highest BCUT2D eigenvalue weighted by Crippen LogP contribution is 2.21. The Morgan fingerprint density at radius 1 is 1.10 bits per heavy atom. The molecule has 4 rings (SSSR count). The largest absolute Gasteiger partial charge is 0.378 e. The first kappa shape index (κ1) is 19.2. The molecule has 0 bridgehead atoms. The smallest absolute Gasteiger partial charge is 0.315 e. The third kappa shape index (κ3) is 4.66. The summed E-state index contributed by atoms with van der Waals surface area (Å²) >= 11 is 0. The minimum absolute atomic E-state index is 0.0905. The molecule has 1 aromatic heterocycles. The number of carbonyl (C=O) groups is 1. The number of nitrogens with one attached hydrogen (secondary N) is 2. The Kier molecular flexibility index (Phi) is 5.91. The third-order valence-electron chi connectivity index (χ3n) is 5.24. The zero-order valence-corrected chi connectivity index (χ0v) is 16.6. The molecule has 0 saturated carbocycles. The Labute approximate surface area is 170 Å². The van der Waals surface area contributed by atoms with E-state index in [0.717, 1.165) is 30.0 Å². The SMILES string of the molecule is C[C@@H](NC(=O)NCc1cccnc1N1CCOCC1)c1ccc2ccccc2c1. The summed E-state index contributed by atoms with van der Waals surface area (Å²) in [6, 6.07) is 18.1. The Bertz CT molecular complexity index is 985. The van der Waals surface area contributed by atoms with Gasteiger partial charge in [0.25, 0.3) is 0 Å². The summed E-state index contributed by atoms with van der Waals surface area (Å²) in [6.07, 6.45) is 1.79. The monoisotopic (exact) mass is 390 g/mol. The molecular formula is C23H26N4O2. The average Bonchev–Trinajstić information content (AvgIpc) is 2.78. The van der Waals surface area contributed by atoms with Crippen LogP contribution >= 0.6 is 0 Å². The molecule has 6 nitrogen and oxygen atoms in total. The molecule has 1 fully saturated rings. The lowest BCUT2D eigenvalue weighted by Gasteiger charge is -2.29. The van der Waals surface area contributed by atoms with Gasteiger partial charge in [0.05, 0.1) is 19.3 Å². The number of urea groups is 1. The van der Waals surface area contributed by atoms with Crippen LogP contribution in [0.25, 0.3) is 10.8 Å². The number of carbonyl (C=O) groups excluding carboxylic acids is 1. The van der Waals surface area contributed by atoms with Crippen molar-refractivity contribution in [1.82, 2.24) is 15.6 Å². The molecule has 0 unspecified atom stereocenters. The second kappa shape index (κ2) is 8.92. The van der Waals surface area contributed by atoms with E-state index in [4.69, 9.17) is 4.74 Å². The molecule has 150 valence electrons. The van der Waals surface area contributed by atoms with Crippen molar-refractivity contribution in [2.45, 2.75) is 19.5 Å². The highest BCUT2D eigenvalue weighted by atomic mass is 16.5. The number of anilines is 1. The van der Waals surface area contributed by atoms with Crippen LogP contribution in [0.15, 0.2) is 60.8 Å². The molecule has 3 aromatic rings. The summed E-state index contributed by atoms with van der Waals surface area (Å²) in [5.41, 5.74) is 2.08. The molecule has 0 spiro atoms. The first-order valence-corrected chi connectivity index (χ1v) is 10.0. The average molecular weight is 390 g/mol. The van der Waals surface area contributed by atoms with E-state index in [1.165, 1.54) is 10.8 Å². The number of hydrogen-bond donors (Lipinski definition) is 2. The molecule has 29 heavy (non-hydrogen) atoms. The number of aromatic nitrogens is 1. The van der Waals surface area contributed by atoms with Gasteiger partial charge in [0.2, 0.25) is 0 Å². The van der Waals surface area contributed by atoms with Crippen LogP contribution in [0.5, 0.6) is 0 Å². The van der Waals surface area contributed by atoms with Crippen molar-refractivity contribution in [3.63, 3.8) is 0 Å². The molecule has 0 radical (unpaired) electrons. The van der Waals surface area contributed by atoms with E-state index < -0.39 is 0 Å². The molecule has 0 aliphatic carbocycles. The molecule has 2 N–H and O–H groups in total. The lowest BCUT2D eigenvalue weighted by Crippen LogP contribution is -2.39. The van der Waals surface area contributed by atoms with Crippen molar-refractivity contribution in [3.05, 3.63) is 71.9 Å². The third-order valence-corrected chi connectivity index (χ3v) is 5.24. The first-order chi connectivity index (χ1) is 14.2. The zero-order valence-electron chi connectivity index (χ0n) is 16.6. The molecule has 2 heterocycles. The van der Waals surface area contributed by atoms with Gasteiger partial charge in [-0.25, -0.2) is 9.78 Å². The number of hydrogen-bond acceptors (Lipinski definition) is 4. The van der Waals surface area contributed by atoms with Crippen molar-refractivity contribution >= 4 is 22.6 Å². The van der Waals surface area contributed by atoms with Crippen LogP contribution in [0.2, 0.25) is 0 Å². The molecule has 1 atom stereocenters. The van der Waals surface area contributed by atoms with Crippen molar-refractivity contribution in [3.8, 4) is 0 Å². The number of morpholine rings is 1. The second-order valence-electron chi connectivity index (χ2n) is 7.24. The number of benzene rings is 2. The van der Waals surface area contributed by atoms with Gasteiger partial charge < -0.3 is 20.3 Å². The van der Waals surface area contributed by atoms with E-state index in [0.29, 0.717) is 19.8 Å². The van der Waals surface area contributed by atoms with Crippen LogP contribution in [0.1, 0.15) is 24.1 Å². The maximum Gasteiger partial charge on any atom is 0.315 e. The molecular weight excluding hydrogens is 364 g/mol. The van der Waals surface area contributed by atoms with E-state index >= 15 is 0 Å². The molecule has 1 saturated heterocycles. The summed E-state index contributed by atoms with van der Waals surface area (Å²) in [5, 5.41) is 8.36. The minimum Gasteiger partial charge on any atom is -0.378 e. The van der Waals surface area contributed by atoms with Gasteiger partial charge in [-0.1, -0.05) is 42.5 Å². The summed E-state index contributed by atoms with van der Waals surface area (Å²) in [5.74, 6) is 0.915. The fourth-order valence-corrected chi connectivity index (χ4v) is 3.61. The number of amides is 2. The molecule has 6 heteroatoms. The Hall–Kier alpha value is -3.12. The minimum atomic E-state index is -0.192. The van der Waals surface area contributed by atoms with Gasteiger partial charge in [0, 0.05) is 31.4 Å². The standard InChI is InChI=1S/C23H26N4O2/c1-17(19-9-8-18-5-2-3-6-20(18)15-19)26-23(28)25-16-21-7-4-10-24-22(21)27-11-13-29-14-12-27/h2-10,15,17H,11-14,16H2,1H3,(H2,25,26,28)/t17-/m1/s1. The van der Waals surface area contributed by atoms with Crippen molar-refractivity contribution in [1.29, 1.82) is 0 Å². The number of pyridine rings is 1. The van der Waals surface area contributed by atoms with E-state index in [9.17, 15) is 4.79 Å². The van der Waals surface area contributed by atoms with Gasteiger partial charge in [-0.15, -0.1) is 0 Å². The first-order valence-electron chi connectivity index (χ1n) is 10.0. The number of nitrogens with zero attached hydrogens (tertiary/aromatic N) is 2. The number of ether oxygens (including phenoxy) is 1. The predicted molar refractivity (Wildman–Crippen MR) is 115 cm³/mol. The normalized spacial score (nSPS) is 15.1. The molecule has 2 aromatic carbocycles. The summed E-state index contributed by atoms with van der Waals surface area (Å²) in [7, 11) is 0. The van der Waals surface area contributed by atoms with Crippen molar-refractivity contribution < 1.29 is 9.53 Å². The van der Waals surface area contributed by atoms with E-state index in [2.05, 4.69) is 50.8 Å². The molecule has 2 amide bonds. The number of fused-ring (bicyclic) bond motifs is 1. The summed E-state index contributed by atoms with van der Waals surface area (Å²) < 4.78 is 5.42. The number of rotatable bonds is 5. The predicted octanol–water partition coefficient (Wildman–Crippen LogP) is 3.63. The maximum atomic E-state index is 12.5. The van der Waals surface area contributed by atoms with Crippen LogP contribution in [0.3, 0.4) is 0 Å². The fraction of sp³-hybridized carbons (Fsp3) is 0.304. The van der Waals surface area contributed by atoms with Crippen LogP contribution in [-0.2, 0) is 11.3 Å². The lowest BCUT2D eigenvalue weighted by molar-refractivity contribution is 0.122. The summed E-state index contributed by atoms with van der Waals surface area (Å²) in [4.78, 5) is 19.2. The lowest BCUT2D eigenvalue weighted by atomic mass is 10.0. The Balaban J connectivity index is 1.37. The van der Waals surface area contributed by atoms with Crippen LogP contribution in [0.4, 0.5) is 10.6 Å². The highest BCUT2D eigenvalue weighted by molar-refractivity contribution is 5.83. The fourth-order valence-electron chi connectivity index (χ4n) is 3.61. The van der Waals surface area contributed by atoms with Gasteiger partial charge in [-0.3, -0.25) is 0 Å². The van der Waals surface area contributed by atoms with Gasteiger partial charge in [0.1, 0.15) is 5.82 Å². The topological polar surface area (TPSA) is 66.5 Å². The molecule has 1 aliphatic heterocycles. The van der Waals surface area contributed by atoms with Gasteiger partial charge >= 0.3 is 6.03 Å². The van der Waals surface area contributed by atoms with E-state index in [-0.39, 0.29) is 12.1 Å². The Morgan fingerprint density at radius 3 is 2.72 bits per heavy atom. The molecule has 1 aliphatic rings.